The first-order valence-corrected chi connectivity index (χ1v) is 11.9. The van der Waals surface area contributed by atoms with Gasteiger partial charge in [-0.25, -0.2) is 13.1 Å². The number of benzene rings is 2. The van der Waals surface area contributed by atoms with Gasteiger partial charge in [-0.05, 0) is 54.8 Å². The fourth-order valence-corrected chi connectivity index (χ4v) is 5.34. The van der Waals surface area contributed by atoms with Gasteiger partial charge in [0.15, 0.2) is 0 Å². The predicted molar refractivity (Wildman–Crippen MR) is 116 cm³/mol. The Kier molecular flexibility index (Phi) is 5.66. The summed E-state index contributed by atoms with van der Waals surface area (Å²) < 4.78 is 33.1. The van der Waals surface area contributed by atoms with E-state index < -0.39 is 21.5 Å². The molecule has 0 bridgehead atoms. The van der Waals surface area contributed by atoms with Crippen LogP contribution in [0.5, 0.6) is 5.75 Å². The number of likely N-dealkylation sites (tertiary alicyclic amines) is 1. The maximum Gasteiger partial charge on any atom is 0.264 e. The van der Waals surface area contributed by atoms with Crippen LogP contribution in [0.1, 0.15) is 24.5 Å². The van der Waals surface area contributed by atoms with Gasteiger partial charge in [-0.1, -0.05) is 29.3 Å². The number of amides is 2. The van der Waals surface area contributed by atoms with Crippen LogP contribution < -0.4 is 9.46 Å². The van der Waals surface area contributed by atoms with Crippen molar-refractivity contribution in [2.24, 2.45) is 0 Å². The molecule has 2 aliphatic rings. The summed E-state index contributed by atoms with van der Waals surface area (Å²) in [5, 5.41) is 0.813. The lowest BCUT2D eigenvalue weighted by molar-refractivity contribution is -0.156. The molecule has 0 aliphatic carbocycles. The van der Waals surface area contributed by atoms with E-state index >= 15 is 0 Å². The molecule has 1 N–H and O–H groups in total. The molecule has 0 radical (unpaired) electrons. The number of nitrogens with one attached hydrogen (secondary N) is 1. The third-order valence-corrected chi connectivity index (χ3v) is 7.68. The minimum absolute atomic E-state index is 0.0150. The highest BCUT2D eigenvalue weighted by Crippen LogP contribution is 2.33. The van der Waals surface area contributed by atoms with E-state index in [2.05, 4.69) is 4.72 Å². The summed E-state index contributed by atoms with van der Waals surface area (Å²) in [6.45, 7) is 2.40. The smallest absolute Gasteiger partial charge is 0.264 e. The lowest BCUT2D eigenvalue weighted by atomic mass is 9.85. The van der Waals surface area contributed by atoms with Gasteiger partial charge in [-0.15, -0.1) is 0 Å². The number of fused-ring (bicyclic) bond motifs is 1. The van der Waals surface area contributed by atoms with Gasteiger partial charge in [0.25, 0.3) is 15.9 Å². The molecule has 0 spiro atoms. The highest BCUT2D eigenvalue weighted by Gasteiger charge is 2.50. The average molecular weight is 483 g/mol. The van der Waals surface area contributed by atoms with E-state index in [1.165, 1.54) is 17.0 Å². The third kappa shape index (κ3) is 4.12. The van der Waals surface area contributed by atoms with E-state index in [0.29, 0.717) is 47.4 Å². The first-order valence-electron chi connectivity index (χ1n) is 9.67. The molecule has 2 heterocycles. The van der Waals surface area contributed by atoms with Crippen molar-refractivity contribution < 1.29 is 22.7 Å². The van der Waals surface area contributed by atoms with E-state index in [1.807, 2.05) is 0 Å². The van der Waals surface area contributed by atoms with Crippen molar-refractivity contribution in [1.29, 1.82) is 0 Å². The van der Waals surface area contributed by atoms with Gasteiger partial charge in [-0.3, -0.25) is 9.59 Å². The van der Waals surface area contributed by atoms with Crippen LogP contribution in [0.3, 0.4) is 0 Å². The number of carbonyl (C=O) groups excluding carboxylic acids is 2. The molecule has 1 saturated heterocycles. The molecule has 31 heavy (non-hydrogen) atoms. The van der Waals surface area contributed by atoms with Gasteiger partial charge >= 0.3 is 0 Å². The van der Waals surface area contributed by atoms with Crippen molar-refractivity contribution in [3.8, 4) is 5.75 Å². The van der Waals surface area contributed by atoms with Gasteiger partial charge < -0.3 is 9.64 Å². The molecule has 1 unspecified atom stereocenters. The largest absolute Gasteiger partial charge is 0.493 e. The Morgan fingerprint density at radius 1 is 1.19 bits per heavy atom. The summed E-state index contributed by atoms with van der Waals surface area (Å²) >= 11 is 12.0. The number of hydrogen-bond donors (Lipinski definition) is 1. The summed E-state index contributed by atoms with van der Waals surface area (Å²) in [5.74, 6) is -0.417. The van der Waals surface area contributed by atoms with Gasteiger partial charge in [0, 0.05) is 23.0 Å². The molecular formula is C21H20Cl2N2O5S. The van der Waals surface area contributed by atoms with Crippen LogP contribution in [0.15, 0.2) is 41.3 Å². The SMILES string of the molecule is CC1(C(=O)NS(=O)(=O)c2ccc3c(c2)CCO3)CCN1C(=O)Cc1ccc(Cl)cc1Cl. The summed E-state index contributed by atoms with van der Waals surface area (Å²) in [6.07, 6.45) is 0.947. The topological polar surface area (TPSA) is 92.8 Å². The monoisotopic (exact) mass is 482 g/mol. The van der Waals surface area contributed by atoms with Crippen molar-refractivity contribution in [3.63, 3.8) is 0 Å². The number of nitrogens with zero attached hydrogens (tertiary/aromatic N) is 1. The highest BCUT2D eigenvalue weighted by atomic mass is 35.5. The van der Waals surface area contributed by atoms with Crippen LogP contribution in [0.25, 0.3) is 0 Å². The van der Waals surface area contributed by atoms with E-state index in [1.54, 1.807) is 31.2 Å². The number of rotatable bonds is 5. The average Bonchev–Trinajstić information content (AvgIpc) is 3.16. The van der Waals surface area contributed by atoms with Crippen LogP contribution in [-0.2, 0) is 32.5 Å². The maximum absolute atomic E-state index is 12.9. The second kappa shape index (κ2) is 8.00. The van der Waals surface area contributed by atoms with E-state index in [0.717, 1.165) is 5.56 Å². The van der Waals surface area contributed by atoms with Crippen molar-refractivity contribution in [1.82, 2.24) is 9.62 Å². The number of sulfonamides is 1. The number of hydrogen-bond acceptors (Lipinski definition) is 5. The summed E-state index contributed by atoms with van der Waals surface area (Å²) in [4.78, 5) is 27.1. The van der Waals surface area contributed by atoms with Crippen molar-refractivity contribution >= 4 is 45.0 Å². The Balaban J connectivity index is 1.48. The van der Waals surface area contributed by atoms with E-state index in [4.69, 9.17) is 27.9 Å². The molecule has 164 valence electrons. The Bertz CT molecular complexity index is 1180. The summed E-state index contributed by atoms with van der Waals surface area (Å²) in [6, 6.07) is 9.31. The molecule has 1 fully saturated rings. The quantitative estimate of drug-likeness (QED) is 0.706. The van der Waals surface area contributed by atoms with E-state index in [9.17, 15) is 18.0 Å². The second-order valence-electron chi connectivity index (χ2n) is 7.78. The van der Waals surface area contributed by atoms with E-state index in [-0.39, 0.29) is 17.2 Å². The third-order valence-electron chi connectivity index (χ3n) is 5.76. The number of carbonyl (C=O) groups is 2. The molecule has 4 rings (SSSR count). The molecule has 2 aromatic rings. The lowest BCUT2D eigenvalue weighted by Crippen LogP contribution is -2.68. The first-order chi connectivity index (χ1) is 14.6. The molecule has 10 heteroatoms. The predicted octanol–water partition coefficient (Wildman–Crippen LogP) is 2.97. The molecule has 2 aliphatic heterocycles. The fourth-order valence-electron chi connectivity index (χ4n) is 3.74. The Morgan fingerprint density at radius 3 is 2.65 bits per heavy atom. The van der Waals surface area contributed by atoms with Gasteiger partial charge in [0.2, 0.25) is 5.91 Å². The zero-order chi connectivity index (χ0) is 22.4. The molecule has 0 aromatic heterocycles. The van der Waals surface area contributed by atoms with Gasteiger partial charge in [0.1, 0.15) is 11.3 Å². The van der Waals surface area contributed by atoms with Crippen molar-refractivity contribution in [2.45, 2.75) is 36.6 Å². The molecule has 2 aromatic carbocycles. The van der Waals surface area contributed by atoms with Crippen LogP contribution in [0.4, 0.5) is 0 Å². The summed E-state index contributed by atoms with van der Waals surface area (Å²) in [5.41, 5.74) is 0.101. The minimum Gasteiger partial charge on any atom is -0.493 e. The first kappa shape index (κ1) is 21.9. The van der Waals surface area contributed by atoms with Crippen molar-refractivity contribution in [2.75, 3.05) is 13.2 Å². The Morgan fingerprint density at radius 2 is 1.97 bits per heavy atom. The number of ether oxygens (including phenoxy) is 1. The number of halogens is 2. The fraction of sp³-hybridized carbons (Fsp3) is 0.333. The maximum atomic E-state index is 12.9. The van der Waals surface area contributed by atoms with Gasteiger partial charge in [-0.2, -0.15) is 0 Å². The normalized spacial score (nSPS) is 19.9. The molecular weight excluding hydrogens is 463 g/mol. The van der Waals surface area contributed by atoms with Crippen LogP contribution in [-0.4, -0.2) is 43.8 Å². The standard InChI is InChI=1S/C21H20Cl2N2O5S/c1-21(7-8-25(21)19(26)11-13-2-3-15(22)12-17(13)23)20(27)24-31(28,29)16-4-5-18-14(10-16)6-9-30-18/h2-5,10,12H,6-9,11H2,1H3,(H,24,27). The zero-order valence-electron chi connectivity index (χ0n) is 16.7. The molecule has 7 nitrogen and oxygen atoms in total. The van der Waals surface area contributed by atoms with Crippen molar-refractivity contribution in [3.05, 3.63) is 57.6 Å². The lowest BCUT2D eigenvalue weighted by Gasteiger charge is -2.49. The second-order valence-corrected chi connectivity index (χ2v) is 10.3. The summed E-state index contributed by atoms with van der Waals surface area (Å²) in [7, 11) is -4.09. The molecule has 1 atom stereocenters. The van der Waals surface area contributed by atoms with Crippen LogP contribution in [0.2, 0.25) is 10.0 Å². The zero-order valence-corrected chi connectivity index (χ0v) is 19.0. The van der Waals surface area contributed by atoms with Gasteiger partial charge in [0.05, 0.1) is 17.9 Å². The minimum atomic E-state index is -4.09. The molecule has 0 saturated carbocycles. The highest BCUT2D eigenvalue weighted by molar-refractivity contribution is 7.90. The Labute approximate surface area is 190 Å². The van der Waals surface area contributed by atoms with Crippen LogP contribution in [0, 0.1) is 0 Å². The Hall–Kier alpha value is -2.29. The molecule has 2 amide bonds. The van der Waals surface area contributed by atoms with Crippen LogP contribution >= 0.6 is 23.2 Å².